The molecule has 1 saturated carbocycles. The van der Waals surface area contributed by atoms with Crippen molar-refractivity contribution in [3.8, 4) is 0 Å². The van der Waals surface area contributed by atoms with Crippen LogP contribution in [0.5, 0.6) is 0 Å². The Morgan fingerprint density at radius 2 is 1.81 bits per heavy atom. The smallest absolute Gasteiger partial charge is 0.222 e. The first-order chi connectivity index (χ1) is 10.3. The van der Waals surface area contributed by atoms with Crippen molar-refractivity contribution in [1.82, 2.24) is 14.9 Å². The molecule has 3 rings (SSSR count). The fourth-order valence-corrected chi connectivity index (χ4v) is 3.90. The van der Waals surface area contributed by atoms with Crippen molar-refractivity contribution in [3.63, 3.8) is 0 Å². The Balaban J connectivity index is 1.49. The van der Waals surface area contributed by atoms with E-state index in [-0.39, 0.29) is 0 Å². The minimum Gasteiger partial charge on any atom is -0.354 e. The number of anilines is 1. The van der Waals surface area contributed by atoms with Crippen molar-refractivity contribution in [3.05, 3.63) is 17.4 Å². The van der Waals surface area contributed by atoms with Crippen LogP contribution in [0.15, 0.2) is 12.4 Å². The summed E-state index contributed by atoms with van der Waals surface area (Å²) in [5.41, 5.74) is 0. The largest absolute Gasteiger partial charge is 0.354 e. The minimum absolute atomic E-state index is 0.584. The summed E-state index contributed by atoms with van der Waals surface area (Å²) in [6.07, 6.45) is 14.2. The Hall–Kier alpha value is -0.870. The number of halogens is 1. The van der Waals surface area contributed by atoms with Gasteiger partial charge < -0.3 is 5.32 Å². The van der Waals surface area contributed by atoms with Gasteiger partial charge in [0, 0.05) is 18.6 Å². The maximum absolute atomic E-state index is 5.80. The lowest BCUT2D eigenvalue weighted by Gasteiger charge is -2.40. The zero-order valence-electron chi connectivity index (χ0n) is 12.6. The Labute approximate surface area is 132 Å². The number of piperidine rings is 1. The molecule has 1 N–H and O–H groups in total. The van der Waals surface area contributed by atoms with E-state index in [1.165, 1.54) is 57.9 Å². The molecule has 1 aliphatic carbocycles. The van der Waals surface area contributed by atoms with E-state index in [0.29, 0.717) is 11.0 Å². The van der Waals surface area contributed by atoms with Crippen molar-refractivity contribution < 1.29 is 0 Å². The van der Waals surface area contributed by atoms with Crippen molar-refractivity contribution in [2.45, 2.75) is 63.5 Å². The summed E-state index contributed by atoms with van der Waals surface area (Å²) >= 11 is 5.80. The molecule has 21 heavy (non-hydrogen) atoms. The SMILES string of the molecule is Clc1cnc(NCC[C@@H]2CCCCN2C2CCCC2)nc1. The highest BCUT2D eigenvalue weighted by Crippen LogP contribution is 2.30. The van der Waals surface area contributed by atoms with Gasteiger partial charge in [0.25, 0.3) is 0 Å². The van der Waals surface area contributed by atoms with Crippen LogP contribution in [0, 0.1) is 0 Å². The summed E-state index contributed by atoms with van der Waals surface area (Å²) in [5.74, 6) is 0.683. The van der Waals surface area contributed by atoms with Crippen molar-refractivity contribution in [2.75, 3.05) is 18.4 Å². The molecule has 1 aliphatic heterocycles. The Kier molecular flexibility index (Phi) is 5.31. The van der Waals surface area contributed by atoms with E-state index >= 15 is 0 Å². The van der Waals surface area contributed by atoms with Crippen LogP contribution < -0.4 is 5.32 Å². The third kappa shape index (κ3) is 4.07. The van der Waals surface area contributed by atoms with Gasteiger partial charge in [-0.05, 0) is 38.6 Å². The molecule has 0 spiro atoms. The highest BCUT2D eigenvalue weighted by molar-refractivity contribution is 6.30. The Morgan fingerprint density at radius 1 is 1.10 bits per heavy atom. The van der Waals surface area contributed by atoms with Gasteiger partial charge in [-0.25, -0.2) is 9.97 Å². The molecule has 1 aromatic rings. The number of rotatable bonds is 5. The summed E-state index contributed by atoms with van der Waals surface area (Å²) in [5, 5.41) is 3.91. The van der Waals surface area contributed by atoms with Gasteiger partial charge in [-0.3, -0.25) is 4.90 Å². The van der Waals surface area contributed by atoms with Crippen molar-refractivity contribution in [2.24, 2.45) is 0 Å². The number of likely N-dealkylation sites (tertiary alicyclic amines) is 1. The maximum Gasteiger partial charge on any atom is 0.222 e. The molecule has 116 valence electrons. The molecule has 5 heteroatoms. The van der Waals surface area contributed by atoms with Gasteiger partial charge in [0.05, 0.1) is 17.4 Å². The number of aromatic nitrogens is 2. The van der Waals surface area contributed by atoms with Crippen molar-refractivity contribution in [1.29, 1.82) is 0 Å². The van der Waals surface area contributed by atoms with E-state index in [1.807, 2.05) is 0 Å². The lowest BCUT2D eigenvalue weighted by atomic mass is 9.96. The lowest BCUT2D eigenvalue weighted by molar-refractivity contribution is 0.0933. The van der Waals surface area contributed by atoms with E-state index in [4.69, 9.17) is 11.6 Å². The third-order valence-corrected chi connectivity index (χ3v) is 5.04. The molecule has 1 aromatic heterocycles. The lowest BCUT2D eigenvalue weighted by Crippen LogP contribution is -2.45. The number of hydrogen-bond acceptors (Lipinski definition) is 4. The van der Waals surface area contributed by atoms with Crippen LogP contribution in [-0.2, 0) is 0 Å². The highest BCUT2D eigenvalue weighted by Gasteiger charge is 2.30. The molecule has 0 aromatic carbocycles. The van der Waals surface area contributed by atoms with Crippen LogP contribution in [0.4, 0.5) is 5.95 Å². The number of hydrogen-bond donors (Lipinski definition) is 1. The first-order valence-electron chi connectivity index (χ1n) is 8.30. The quantitative estimate of drug-likeness (QED) is 0.900. The van der Waals surface area contributed by atoms with Crippen LogP contribution >= 0.6 is 11.6 Å². The zero-order chi connectivity index (χ0) is 14.5. The normalized spacial score (nSPS) is 24.3. The average molecular weight is 309 g/mol. The molecule has 0 bridgehead atoms. The van der Waals surface area contributed by atoms with Crippen LogP contribution in [0.25, 0.3) is 0 Å². The first kappa shape index (κ1) is 15.0. The van der Waals surface area contributed by atoms with Gasteiger partial charge in [-0.2, -0.15) is 0 Å². The van der Waals surface area contributed by atoms with E-state index in [9.17, 15) is 0 Å². The molecule has 2 aliphatic rings. The second kappa shape index (κ2) is 7.41. The van der Waals surface area contributed by atoms with Gasteiger partial charge in [-0.1, -0.05) is 30.9 Å². The summed E-state index contributed by atoms with van der Waals surface area (Å²) in [6, 6.07) is 1.59. The molecule has 1 atom stereocenters. The predicted molar refractivity (Wildman–Crippen MR) is 86.7 cm³/mol. The van der Waals surface area contributed by atoms with E-state index in [1.54, 1.807) is 12.4 Å². The second-order valence-corrected chi connectivity index (χ2v) is 6.70. The monoisotopic (exact) mass is 308 g/mol. The van der Waals surface area contributed by atoms with E-state index in [0.717, 1.165) is 18.6 Å². The maximum atomic E-state index is 5.80. The minimum atomic E-state index is 0.584. The standard InChI is InChI=1S/C16H25ClN4/c17-13-11-19-16(20-12-13)18-9-8-15-7-3-4-10-21(15)14-5-1-2-6-14/h11-12,14-15H,1-10H2,(H,18,19,20)/t15-/m0/s1. The van der Waals surface area contributed by atoms with Crippen LogP contribution in [0.3, 0.4) is 0 Å². The topological polar surface area (TPSA) is 41.1 Å². The molecule has 1 saturated heterocycles. The van der Waals surface area contributed by atoms with Gasteiger partial charge in [-0.15, -0.1) is 0 Å². The van der Waals surface area contributed by atoms with E-state index < -0.39 is 0 Å². The predicted octanol–water partition coefficient (Wildman–Crippen LogP) is 3.73. The molecule has 2 heterocycles. The van der Waals surface area contributed by atoms with Gasteiger partial charge in [0.1, 0.15) is 0 Å². The molecule has 0 amide bonds. The third-order valence-electron chi connectivity index (χ3n) is 4.85. The highest BCUT2D eigenvalue weighted by atomic mass is 35.5. The van der Waals surface area contributed by atoms with Gasteiger partial charge >= 0.3 is 0 Å². The molecular weight excluding hydrogens is 284 g/mol. The van der Waals surface area contributed by atoms with Crippen LogP contribution in [-0.4, -0.2) is 40.0 Å². The fraction of sp³-hybridized carbons (Fsp3) is 0.750. The molecule has 4 nitrogen and oxygen atoms in total. The second-order valence-electron chi connectivity index (χ2n) is 6.27. The Bertz CT molecular complexity index is 430. The molecular formula is C16H25ClN4. The van der Waals surface area contributed by atoms with Crippen molar-refractivity contribution >= 4 is 17.5 Å². The Morgan fingerprint density at radius 3 is 2.57 bits per heavy atom. The summed E-state index contributed by atoms with van der Waals surface area (Å²) in [7, 11) is 0. The summed E-state index contributed by atoms with van der Waals surface area (Å²) in [6.45, 7) is 2.24. The van der Waals surface area contributed by atoms with Crippen LogP contribution in [0.1, 0.15) is 51.4 Å². The zero-order valence-corrected chi connectivity index (χ0v) is 13.4. The van der Waals surface area contributed by atoms with Gasteiger partial charge in [0.2, 0.25) is 5.95 Å². The molecule has 0 radical (unpaired) electrons. The molecule has 2 fully saturated rings. The van der Waals surface area contributed by atoms with E-state index in [2.05, 4.69) is 20.2 Å². The summed E-state index contributed by atoms with van der Waals surface area (Å²) < 4.78 is 0. The first-order valence-corrected chi connectivity index (χ1v) is 8.68. The average Bonchev–Trinajstić information content (AvgIpc) is 3.04. The molecule has 0 unspecified atom stereocenters. The summed E-state index contributed by atoms with van der Waals surface area (Å²) in [4.78, 5) is 11.2. The van der Waals surface area contributed by atoms with Gasteiger partial charge in [0.15, 0.2) is 0 Å². The number of nitrogens with one attached hydrogen (secondary N) is 1. The number of nitrogens with zero attached hydrogens (tertiary/aromatic N) is 3. The fourth-order valence-electron chi connectivity index (χ4n) is 3.80. The van der Waals surface area contributed by atoms with Crippen LogP contribution in [0.2, 0.25) is 5.02 Å².